The average Bonchev–Trinajstić information content (AvgIpc) is 2.53. The number of hydrogen-bond acceptors (Lipinski definition) is 4. The van der Waals surface area contributed by atoms with Crippen LogP contribution in [0.25, 0.3) is 0 Å². The highest BCUT2D eigenvalue weighted by molar-refractivity contribution is 5.56. The van der Waals surface area contributed by atoms with E-state index in [-0.39, 0.29) is 11.0 Å². The van der Waals surface area contributed by atoms with Gasteiger partial charge in [0.05, 0.1) is 7.11 Å². The summed E-state index contributed by atoms with van der Waals surface area (Å²) in [6, 6.07) is 14.1. The van der Waals surface area contributed by atoms with Crippen molar-refractivity contribution in [1.29, 1.82) is 0 Å². The van der Waals surface area contributed by atoms with E-state index in [4.69, 9.17) is 4.74 Å². The van der Waals surface area contributed by atoms with Crippen LogP contribution in [0.3, 0.4) is 0 Å². The zero-order valence-corrected chi connectivity index (χ0v) is 11.7. The van der Waals surface area contributed by atoms with Crippen LogP contribution < -0.4 is 10.1 Å². The minimum atomic E-state index is -0.688. The number of benzene rings is 2. The highest BCUT2D eigenvalue weighted by Crippen LogP contribution is 2.35. The SMILES string of the molecule is COc1cccc([C@H]2Nc3ccccc3C[C@@H]2[N+](=O)[O-])c1. The molecule has 3 rings (SSSR count). The largest absolute Gasteiger partial charge is 0.497 e. The second kappa shape index (κ2) is 5.44. The van der Waals surface area contributed by atoms with Crippen LogP contribution in [-0.2, 0) is 6.42 Å². The summed E-state index contributed by atoms with van der Waals surface area (Å²) in [6.07, 6.45) is 0.429. The van der Waals surface area contributed by atoms with Gasteiger partial charge in [0.15, 0.2) is 0 Å². The molecule has 1 heterocycles. The van der Waals surface area contributed by atoms with Crippen molar-refractivity contribution in [2.24, 2.45) is 0 Å². The van der Waals surface area contributed by atoms with Crippen molar-refractivity contribution in [2.45, 2.75) is 18.5 Å². The van der Waals surface area contributed by atoms with Crippen molar-refractivity contribution in [3.63, 3.8) is 0 Å². The topological polar surface area (TPSA) is 64.4 Å². The highest BCUT2D eigenvalue weighted by Gasteiger charge is 2.37. The van der Waals surface area contributed by atoms with Gasteiger partial charge in [-0.1, -0.05) is 30.3 Å². The number of ether oxygens (including phenoxy) is 1. The fourth-order valence-corrected chi connectivity index (χ4v) is 2.78. The number of anilines is 1. The molecule has 0 radical (unpaired) electrons. The maximum Gasteiger partial charge on any atom is 0.241 e. The van der Waals surface area contributed by atoms with Gasteiger partial charge in [0.1, 0.15) is 11.8 Å². The number of rotatable bonds is 3. The first kappa shape index (κ1) is 13.4. The first-order valence-electron chi connectivity index (χ1n) is 6.81. The van der Waals surface area contributed by atoms with E-state index < -0.39 is 6.04 Å². The van der Waals surface area contributed by atoms with E-state index in [1.54, 1.807) is 7.11 Å². The minimum Gasteiger partial charge on any atom is -0.497 e. The van der Waals surface area contributed by atoms with Gasteiger partial charge >= 0.3 is 0 Å². The molecule has 1 N–H and O–H groups in total. The van der Waals surface area contributed by atoms with Crippen molar-refractivity contribution in [3.8, 4) is 5.75 Å². The van der Waals surface area contributed by atoms with E-state index in [0.29, 0.717) is 12.2 Å². The van der Waals surface area contributed by atoms with Gasteiger partial charge < -0.3 is 10.1 Å². The minimum absolute atomic E-state index is 0.201. The summed E-state index contributed by atoms with van der Waals surface area (Å²) in [6.45, 7) is 0. The predicted molar refractivity (Wildman–Crippen MR) is 80.3 cm³/mol. The summed E-state index contributed by atoms with van der Waals surface area (Å²) in [5.41, 5.74) is 2.81. The van der Waals surface area contributed by atoms with Crippen LogP contribution in [0.1, 0.15) is 17.2 Å². The van der Waals surface area contributed by atoms with Gasteiger partial charge in [-0.05, 0) is 29.3 Å². The number of para-hydroxylation sites is 1. The van der Waals surface area contributed by atoms with Crippen LogP contribution in [-0.4, -0.2) is 18.1 Å². The number of methoxy groups -OCH3 is 1. The summed E-state index contributed by atoms with van der Waals surface area (Å²) in [7, 11) is 1.59. The van der Waals surface area contributed by atoms with Crippen molar-refractivity contribution in [2.75, 3.05) is 12.4 Å². The van der Waals surface area contributed by atoms with Crippen LogP contribution in [0.5, 0.6) is 5.75 Å². The van der Waals surface area contributed by atoms with Crippen molar-refractivity contribution in [1.82, 2.24) is 0 Å². The molecule has 2 aromatic rings. The van der Waals surface area contributed by atoms with E-state index in [9.17, 15) is 10.1 Å². The lowest BCUT2D eigenvalue weighted by Gasteiger charge is -2.30. The van der Waals surface area contributed by atoms with Crippen LogP contribution in [0.4, 0.5) is 5.69 Å². The Morgan fingerprint density at radius 2 is 2.05 bits per heavy atom. The Morgan fingerprint density at radius 1 is 1.24 bits per heavy atom. The predicted octanol–water partition coefficient (Wildman–Crippen LogP) is 3.05. The number of nitrogens with one attached hydrogen (secondary N) is 1. The first-order valence-corrected chi connectivity index (χ1v) is 6.81. The van der Waals surface area contributed by atoms with Gasteiger partial charge in [0.2, 0.25) is 6.04 Å². The molecule has 0 bridgehead atoms. The van der Waals surface area contributed by atoms with Gasteiger partial charge in [0.25, 0.3) is 0 Å². The van der Waals surface area contributed by atoms with Crippen molar-refractivity contribution < 1.29 is 9.66 Å². The van der Waals surface area contributed by atoms with Crippen LogP contribution in [0, 0.1) is 10.1 Å². The molecule has 0 aromatic heterocycles. The van der Waals surface area contributed by atoms with E-state index in [0.717, 1.165) is 16.8 Å². The molecule has 21 heavy (non-hydrogen) atoms. The van der Waals surface area contributed by atoms with Crippen molar-refractivity contribution in [3.05, 3.63) is 69.8 Å². The molecule has 5 nitrogen and oxygen atoms in total. The summed E-state index contributed by atoms with van der Waals surface area (Å²) in [4.78, 5) is 11.2. The van der Waals surface area contributed by atoms with E-state index in [1.807, 2.05) is 48.5 Å². The molecule has 2 aromatic carbocycles. The second-order valence-electron chi connectivity index (χ2n) is 5.11. The third-order valence-electron chi connectivity index (χ3n) is 3.87. The monoisotopic (exact) mass is 284 g/mol. The van der Waals surface area contributed by atoms with Crippen molar-refractivity contribution >= 4 is 5.69 Å². The highest BCUT2D eigenvalue weighted by atomic mass is 16.6. The molecular weight excluding hydrogens is 268 g/mol. The Hall–Kier alpha value is -2.56. The zero-order valence-electron chi connectivity index (χ0n) is 11.7. The molecule has 0 saturated heterocycles. The van der Waals surface area contributed by atoms with E-state index in [1.165, 1.54) is 0 Å². The Balaban J connectivity index is 2.01. The molecule has 1 aliphatic heterocycles. The lowest BCUT2D eigenvalue weighted by atomic mass is 9.89. The summed E-state index contributed by atoms with van der Waals surface area (Å²) < 4.78 is 5.21. The molecular formula is C16H16N2O3. The Labute approximate surface area is 122 Å². The lowest BCUT2D eigenvalue weighted by molar-refractivity contribution is -0.525. The Morgan fingerprint density at radius 3 is 2.81 bits per heavy atom. The molecule has 0 amide bonds. The fraction of sp³-hybridized carbons (Fsp3) is 0.250. The normalized spacial score (nSPS) is 20.2. The quantitative estimate of drug-likeness (QED) is 0.695. The second-order valence-corrected chi connectivity index (χ2v) is 5.11. The molecule has 0 unspecified atom stereocenters. The lowest BCUT2D eigenvalue weighted by Crippen LogP contribution is -2.38. The van der Waals surface area contributed by atoms with E-state index >= 15 is 0 Å². The standard InChI is InChI=1S/C16H16N2O3/c1-21-13-7-4-6-12(9-13)16-15(18(19)20)10-11-5-2-3-8-14(11)17-16/h2-9,15-17H,10H2,1H3/t15-,16+/m0/s1. The molecule has 108 valence electrons. The molecule has 0 aliphatic carbocycles. The number of nitro groups is 1. The maximum atomic E-state index is 11.4. The summed E-state index contributed by atoms with van der Waals surface area (Å²) in [5.74, 6) is 0.704. The molecule has 0 fully saturated rings. The van der Waals surface area contributed by atoms with Gasteiger partial charge in [0, 0.05) is 17.0 Å². The molecule has 0 spiro atoms. The smallest absolute Gasteiger partial charge is 0.241 e. The molecule has 5 heteroatoms. The summed E-state index contributed by atoms with van der Waals surface area (Å²) in [5, 5.41) is 14.7. The number of hydrogen-bond donors (Lipinski definition) is 1. The van der Waals surface area contributed by atoms with Gasteiger partial charge in [-0.3, -0.25) is 10.1 Å². The van der Waals surface area contributed by atoms with Crippen LogP contribution >= 0.6 is 0 Å². The van der Waals surface area contributed by atoms with E-state index in [2.05, 4.69) is 5.32 Å². The van der Waals surface area contributed by atoms with Gasteiger partial charge in [-0.2, -0.15) is 0 Å². The zero-order chi connectivity index (χ0) is 14.8. The number of nitrogens with zero attached hydrogens (tertiary/aromatic N) is 1. The third kappa shape index (κ3) is 2.54. The molecule has 1 aliphatic rings. The van der Waals surface area contributed by atoms with Gasteiger partial charge in [-0.25, -0.2) is 0 Å². The average molecular weight is 284 g/mol. The molecule has 2 atom stereocenters. The Kier molecular flexibility index (Phi) is 3.48. The van der Waals surface area contributed by atoms with Gasteiger partial charge in [-0.15, -0.1) is 0 Å². The third-order valence-corrected chi connectivity index (χ3v) is 3.87. The summed E-state index contributed by atoms with van der Waals surface area (Å²) >= 11 is 0. The fourth-order valence-electron chi connectivity index (χ4n) is 2.78. The number of fused-ring (bicyclic) bond motifs is 1. The van der Waals surface area contributed by atoms with Crippen LogP contribution in [0.15, 0.2) is 48.5 Å². The Bertz CT molecular complexity index is 672. The van der Waals surface area contributed by atoms with Crippen LogP contribution in [0.2, 0.25) is 0 Å². The maximum absolute atomic E-state index is 11.4. The first-order chi connectivity index (χ1) is 10.2. The molecule has 0 saturated carbocycles.